The SMILES string of the molecule is COc1ccc(N([C@H](C)C(=O)Nc2nnc(SCC(C)C)s2)S(C)(=O)=O)cc1OC. The zero-order valence-electron chi connectivity index (χ0n) is 17.7. The van der Waals surface area contributed by atoms with Crippen molar-refractivity contribution in [3.63, 3.8) is 0 Å². The molecule has 0 aliphatic rings. The Morgan fingerprint density at radius 3 is 2.43 bits per heavy atom. The van der Waals surface area contributed by atoms with E-state index in [9.17, 15) is 13.2 Å². The quantitative estimate of drug-likeness (QED) is 0.413. The van der Waals surface area contributed by atoms with Crippen LogP contribution in [0.25, 0.3) is 0 Å². The predicted octanol–water partition coefficient (Wildman–Crippen LogP) is 3.10. The summed E-state index contributed by atoms with van der Waals surface area (Å²) in [6, 6.07) is 3.61. The fraction of sp³-hybridized carbons (Fsp3) is 0.500. The molecule has 0 fully saturated rings. The van der Waals surface area contributed by atoms with Gasteiger partial charge in [-0.1, -0.05) is 36.9 Å². The molecule has 9 nitrogen and oxygen atoms in total. The Morgan fingerprint density at radius 1 is 1.20 bits per heavy atom. The van der Waals surface area contributed by atoms with Gasteiger partial charge < -0.3 is 9.47 Å². The van der Waals surface area contributed by atoms with E-state index in [0.29, 0.717) is 22.5 Å². The van der Waals surface area contributed by atoms with Crippen molar-refractivity contribution < 1.29 is 22.7 Å². The van der Waals surface area contributed by atoms with Crippen molar-refractivity contribution in [2.24, 2.45) is 5.92 Å². The Kier molecular flexibility index (Phi) is 8.33. The van der Waals surface area contributed by atoms with E-state index in [4.69, 9.17) is 9.47 Å². The van der Waals surface area contributed by atoms with Crippen LogP contribution in [0.15, 0.2) is 22.5 Å². The average molecular weight is 475 g/mol. The van der Waals surface area contributed by atoms with Gasteiger partial charge in [0.25, 0.3) is 0 Å². The number of hydrogen-bond donors (Lipinski definition) is 1. The Balaban J connectivity index is 2.23. The first-order chi connectivity index (χ1) is 14.1. The number of carbonyl (C=O) groups is 1. The lowest BCUT2D eigenvalue weighted by atomic mass is 10.2. The summed E-state index contributed by atoms with van der Waals surface area (Å²) in [7, 11) is -0.837. The second-order valence-corrected chi connectivity index (χ2v) is 10.9. The lowest BCUT2D eigenvalue weighted by molar-refractivity contribution is -0.116. The minimum Gasteiger partial charge on any atom is -0.493 e. The topological polar surface area (TPSA) is 111 Å². The number of thioether (sulfide) groups is 1. The molecule has 0 radical (unpaired) electrons. The molecule has 2 rings (SSSR count). The van der Waals surface area contributed by atoms with Crippen molar-refractivity contribution in [2.45, 2.75) is 31.2 Å². The molecule has 166 valence electrons. The highest BCUT2D eigenvalue weighted by Crippen LogP contribution is 2.33. The number of aromatic nitrogens is 2. The van der Waals surface area contributed by atoms with E-state index in [1.165, 1.54) is 38.5 Å². The van der Waals surface area contributed by atoms with Gasteiger partial charge in [-0.05, 0) is 25.0 Å². The summed E-state index contributed by atoms with van der Waals surface area (Å²) < 4.78 is 37.2. The third-order valence-corrected chi connectivity index (χ3v) is 7.53. The van der Waals surface area contributed by atoms with E-state index in [2.05, 4.69) is 29.4 Å². The van der Waals surface area contributed by atoms with Crippen LogP contribution in [0.4, 0.5) is 10.8 Å². The van der Waals surface area contributed by atoms with Crippen LogP contribution in [0.1, 0.15) is 20.8 Å². The molecule has 0 aliphatic heterocycles. The number of nitrogens with zero attached hydrogens (tertiary/aromatic N) is 3. The predicted molar refractivity (Wildman–Crippen MR) is 120 cm³/mol. The first-order valence-electron chi connectivity index (χ1n) is 9.05. The van der Waals surface area contributed by atoms with Crippen LogP contribution in [0, 0.1) is 5.92 Å². The lowest BCUT2D eigenvalue weighted by Gasteiger charge is -2.28. The van der Waals surface area contributed by atoms with E-state index in [-0.39, 0.29) is 5.69 Å². The van der Waals surface area contributed by atoms with Crippen LogP contribution >= 0.6 is 23.1 Å². The minimum atomic E-state index is -3.77. The van der Waals surface area contributed by atoms with Crippen LogP contribution in [0.2, 0.25) is 0 Å². The van der Waals surface area contributed by atoms with Crippen LogP contribution in [-0.4, -0.2) is 56.8 Å². The van der Waals surface area contributed by atoms with Gasteiger partial charge in [0.05, 0.1) is 26.2 Å². The number of benzene rings is 1. The van der Waals surface area contributed by atoms with Gasteiger partial charge in [-0.2, -0.15) is 0 Å². The average Bonchev–Trinajstić information content (AvgIpc) is 3.12. The summed E-state index contributed by atoms with van der Waals surface area (Å²) in [6.45, 7) is 5.71. The van der Waals surface area contributed by atoms with E-state index < -0.39 is 22.0 Å². The maximum atomic E-state index is 12.8. The number of anilines is 2. The molecule has 0 bridgehead atoms. The van der Waals surface area contributed by atoms with E-state index in [0.717, 1.165) is 20.7 Å². The number of hydrogen-bond acceptors (Lipinski definition) is 9. The Labute approximate surface area is 185 Å². The molecular weight excluding hydrogens is 448 g/mol. The number of carbonyl (C=O) groups excluding carboxylic acids is 1. The summed E-state index contributed by atoms with van der Waals surface area (Å²) in [6.07, 6.45) is 1.04. The first-order valence-corrected chi connectivity index (χ1v) is 12.7. The number of ether oxygens (including phenoxy) is 2. The molecule has 12 heteroatoms. The molecule has 0 saturated heterocycles. The summed E-state index contributed by atoms with van der Waals surface area (Å²) in [4.78, 5) is 12.8. The van der Waals surface area contributed by atoms with Gasteiger partial charge in [-0.3, -0.25) is 14.4 Å². The monoisotopic (exact) mass is 474 g/mol. The second kappa shape index (κ2) is 10.3. The molecule has 30 heavy (non-hydrogen) atoms. The first kappa shape index (κ1) is 24.2. The van der Waals surface area contributed by atoms with Crippen molar-refractivity contribution in [2.75, 3.05) is 35.9 Å². The molecule has 1 aromatic carbocycles. The Hall–Kier alpha value is -2.05. The Morgan fingerprint density at radius 2 is 1.87 bits per heavy atom. The third kappa shape index (κ3) is 6.22. The highest BCUT2D eigenvalue weighted by molar-refractivity contribution is 8.01. The summed E-state index contributed by atoms with van der Waals surface area (Å²) in [5.74, 6) is 1.67. The van der Waals surface area contributed by atoms with E-state index in [1.54, 1.807) is 23.9 Å². The normalized spacial score (nSPS) is 12.5. The van der Waals surface area contributed by atoms with Gasteiger partial charge in [-0.25, -0.2) is 8.42 Å². The van der Waals surface area contributed by atoms with Gasteiger partial charge in [0.1, 0.15) is 6.04 Å². The van der Waals surface area contributed by atoms with Crippen molar-refractivity contribution in [3.8, 4) is 11.5 Å². The summed E-state index contributed by atoms with van der Waals surface area (Å²) in [5.41, 5.74) is 0.281. The van der Waals surface area contributed by atoms with Gasteiger partial charge >= 0.3 is 0 Å². The van der Waals surface area contributed by atoms with Crippen LogP contribution in [-0.2, 0) is 14.8 Å². The highest BCUT2D eigenvalue weighted by atomic mass is 32.2. The molecular formula is C18H26N4O5S3. The highest BCUT2D eigenvalue weighted by Gasteiger charge is 2.30. The number of amides is 1. The molecule has 2 aromatic rings. The summed E-state index contributed by atoms with van der Waals surface area (Å²) >= 11 is 2.81. The molecule has 0 unspecified atom stereocenters. The van der Waals surface area contributed by atoms with Crippen molar-refractivity contribution in [3.05, 3.63) is 18.2 Å². The number of sulfonamides is 1. The number of rotatable bonds is 10. The molecule has 1 amide bonds. The molecule has 1 aromatic heterocycles. The smallest absolute Gasteiger partial charge is 0.249 e. The molecule has 1 heterocycles. The van der Waals surface area contributed by atoms with Crippen LogP contribution in [0.5, 0.6) is 11.5 Å². The zero-order chi connectivity index (χ0) is 22.5. The number of nitrogens with one attached hydrogen (secondary N) is 1. The van der Waals surface area contributed by atoms with Gasteiger partial charge in [0.2, 0.25) is 21.1 Å². The molecule has 0 spiro atoms. The maximum absolute atomic E-state index is 12.8. The maximum Gasteiger partial charge on any atom is 0.249 e. The van der Waals surface area contributed by atoms with Gasteiger partial charge in [-0.15, -0.1) is 10.2 Å². The van der Waals surface area contributed by atoms with Crippen molar-refractivity contribution in [1.29, 1.82) is 0 Å². The standard InChI is InChI=1S/C18H26N4O5S3/c1-11(2)10-28-18-21-20-17(29-18)19-16(23)12(3)22(30(6,24)25)13-7-8-14(26-4)15(9-13)27-5/h7-9,11-12H,10H2,1-6H3,(H,19,20,23)/t12-/m1/s1. The third-order valence-electron chi connectivity index (χ3n) is 3.89. The minimum absolute atomic E-state index is 0.281. The molecule has 1 atom stereocenters. The Bertz CT molecular complexity index is 978. The van der Waals surface area contributed by atoms with Gasteiger partial charge in [0.15, 0.2) is 15.8 Å². The summed E-state index contributed by atoms with van der Waals surface area (Å²) in [5, 5.41) is 11.0. The van der Waals surface area contributed by atoms with Crippen LogP contribution in [0.3, 0.4) is 0 Å². The molecule has 1 N–H and O–H groups in total. The largest absolute Gasteiger partial charge is 0.493 e. The van der Waals surface area contributed by atoms with Crippen LogP contribution < -0.4 is 19.1 Å². The second-order valence-electron chi connectivity index (χ2n) is 6.84. The van der Waals surface area contributed by atoms with Gasteiger partial charge in [0, 0.05) is 11.8 Å². The molecule has 0 saturated carbocycles. The number of methoxy groups -OCH3 is 2. The van der Waals surface area contributed by atoms with Crippen molar-refractivity contribution in [1.82, 2.24) is 10.2 Å². The fourth-order valence-corrected chi connectivity index (χ4v) is 5.44. The fourth-order valence-electron chi connectivity index (χ4n) is 2.54. The zero-order valence-corrected chi connectivity index (χ0v) is 20.2. The molecule has 0 aliphatic carbocycles. The van der Waals surface area contributed by atoms with E-state index >= 15 is 0 Å². The lowest BCUT2D eigenvalue weighted by Crippen LogP contribution is -2.45. The van der Waals surface area contributed by atoms with Crippen molar-refractivity contribution >= 4 is 49.8 Å². The van der Waals surface area contributed by atoms with E-state index in [1.807, 2.05) is 0 Å².